The van der Waals surface area contributed by atoms with Gasteiger partial charge in [0.25, 0.3) is 0 Å². The molecule has 0 spiro atoms. The van der Waals surface area contributed by atoms with Crippen molar-refractivity contribution in [3.05, 3.63) is 35.9 Å². The van der Waals surface area contributed by atoms with E-state index in [-0.39, 0.29) is 17.9 Å². The van der Waals surface area contributed by atoms with Gasteiger partial charge in [-0.05, 0) is 42.5 Å². The van der Waals surface area contributed by atoms with Crippen LogP contribution in [0, 0.1) is 5.92 Å². The molecule has 4 heteroatoms. The van der Waals surface area contributed by atoms with E-state index in [1.165, 1.54) is 0 Å². The van der Waals surface area contributed by atoms with Crippen LogP contribution in [0.1, 0.15) is 32.8 Å². The predicted molar refractivity (Wildman–Crippen MR) is 85.1 cm³/mol. The van der Waals surface area contributed by atoms with Gasteiger partial charge in [-0.15, -0.1) is 0 Å². The number of carbonyl (C=O) groups is 1. The second kappa shape index (κ2) is 8.47. The van der Waals surface area contributed by atoms with Crippen molar-refractivity contribution in [3.8, 4) is 5.75 Å². The molecule has 1 aromatic rings. The minimum Gasteiger partial charge on any atom is -0.497 e. The lowest BCUT2D eigenvalue weighted by Crippen LogP contribution is -2.27. The molecule has 2 N–H and O–H groups in total. The second-order valence-electron chi connectivity index (χ2n) is 5.45. The summed E-state index contributed by atoms with van der Waals surface area (Å²) >= 11 is 0. The van der Waals surface area contributed by atoms with E-state index in [1.54, 1.807) is 13.2 Å². The maximum Gasteiger partial charge on any atom is 0.244 e. The molecule has 0 aliphatic heterocycles. The molecule has 0 aliphatic rings. The smallest absolute Gasteiger partial charge is 0.244 e. The molecule has 0 aromatic heterocycles. The molecule has 116 valence electrons. The molecule has 0 radical (unpaired) electrons. The van der Waals surface area contributed by atoms with Crippen molar-refractivity contribution in [2.45, 2.75) is 33.3 Å². The molecular weight excluding hydrogens is 266 g/mol. The number of aliphatic hydroxyl groups is 1. The lowest BCUT2D eigenvalue weighted by Gasteiger charge is -2.14. The second-order valence-corrected chi connectivity index (χ2v) is 5.45. The molecule has 1 atom stereocenters. The van der Waals surface area contributed by atoms with Crippen LogP contribution in [-0.4, -0.2) is 30.8 Å². The topological polar surface area (TPSA) is 58.6 Å². The minimum absolute atomic E-state index is 0.147. The fourth-order valence-corrected chi connectivity index (χ4v) is 1.88. The summed E-state index contributed by atoms with van der Waals surface area (Å²) in [5, 5.41) is 12.5. The summed E-state index contributed by atoms with van der Waals surface area (Å²) in [7, 11) is 1.62. The third kappa shape index (κ3) is 6.00. The largest absolute Gasteiger partial charge is 0.497 e. The Balaban J connectivity index is 2.54. The van der Waals surface area contributed by atoms with Gasteiger partial charge in [0.05, 0.1) is 13.2 Å². The summed E-state index contributed by atoms with van der Waals surface area (Å²) in [6.45, 7) is 6.27. The quantitative estimate of drug-likeness (QED) is 0.759. The van der Waals surface area contributed by atoms with Gasteiger partial charge in [-0.25, -0.2) is 0 Å². The van der Waals surface area contributed by atoms with Crippen LogP contribution in [0.15, 0.2) is 30.3 Å². The highest BCUT2D eigenvalue weighted by molar-refractivity contribution is 5.94. The van der Waals surface area contributed by atoms with Crippen molar-refractivity contribution < 1.29 is 14.6 Å². The number of carbonyl (C=O) groups excluding carboxylic acids is 1. The van der Waals surface area contributed by atoms with Gasteiger partial charge >= 0.3 is 0 Å². The maximum atomic E-state index is 11.8. The number of rotatable bonds is 7. The van der Waals surface area contributed by atoms with E-state index in [0.717, 1.165) is 16.9 Å². The molecule has 21 heavy (non-hydrogen) atoms. The zero-order valence-corrected chi connectivity index (χ0v) is 13.2. The van der Waals surface area contributed by atoms with Crippen LogP contribution in [0.25, 0.3) is 5.57 Å². The first-order valence-electron chi connectivity index (χ1n) is 7.22. The van der Waals surface area contributed by atoms with Crippen molar-refractivity contribution in [2.75, 3.05) is 13.7 Å². The average Bonchev–Trinajstić information content (AvgIpc) is 2.46. The van der Waals surface area contributed by atoms with Gasteiger partial charge in [0.1, 0.15) is 5.75 Å². The molecule has 1 unspecified atom stereocenters. The number of benzene rings is 1. The zero-order valence-electron chi connectivity index (χ0n) is 13.2. The summed E-state index contributed by atoms with van der Waals surface area (Å²) in [6, 6.07) is 7.58. The normalized spacial score (nSPS) is 13.1. The van der Waals surface area contributed by atoms with Crippen LogP contribution >= 0.6 is 0 Å². The minimum atomic E-state index is -0.381. The summed E-state index contributed by atoms with van der Waals surface area (Å²) in [5.74, 6) is 0.822. The van der Waals surface area contributed by atoms with Gasteiger partial charge < -0.3 is 15.2 Å². The van der Waals surface area contributed by atoms with Crippen molar-refractivity contribution in [1.29, 1.82) is 0 Å². The fraction of sp³-hybridized carbons (Fsp3) is 0.471. The Hall–Kier alpha value is -1.81. The van der Waals surface area contributed by atoms with Crippen molar-refractivity contribution in [1.82, 2.24) is 5.32 Å². The van der Waals surface area contributed by atoms with E-state index in [1.807, 2.05) is 45.0 Å². The summed E-state index contributed by atoms with van der Waals surface area (Å²) < 4.78 is 5.17. The molecule has 0 saturated carbocycles. The van der Waals surface area contributed by atoms with E-state index in [9.17, 15) is 9.90 Å². The predicted octanol–water partition coefficient (Wildman–Crippen LogP) is 2.62. The fourth-order valence-electron chi connectivity index (χ4n) is 1.88. The van der Waals surface area contributed by atoms with E-state index < -0.39 is 0 Å². The van der Waals surface area contributed by atoms with Crippen molar-refractivity contribution >= 4 is 11.5 Å². The Morgan fingerprint density at radius 2 is 2.14 bits per heavy atom. The van der Waals surface area contributed by atoms with Crippen molar-refractivity contribution in [2.24, 2.45) is 5.92 Å². The molecule has 1 aromatic carbocycles. The first-order valence-corrected chi connectivity index (χ1v) is 7.22. The van der Waals surface area contributed by atoms with E-state index >= 15 is 0 Å². The van der Waals surface area contributed by atoms with E-state index in [4.69, 9.17) is 4.74 Å². The van der Waals surface area contributed by atoms with Crippen LogP contribution < -0.4 is 10.1 Å². The van der Waals surface area contributed by atoms with Gasteiger partial charge in [-0.1, -0.05) is 26.0 Å². The van der Waals surface area contributed by atoms with Gasteiger partial charge in [0.15, 0.2) is 0 Å². The number of amides is 1. The Labute approximate surface area is 126 Å². The number of hydrogen-bond donors (Lipinski definition) is 2. The summed E-state index contributed by atoms with van der Waals surface area (Å²) in [4.78, 5) is 11.8. The highest BCUT2D eigenvalue weighted by Crippen LogP contribution is 2.19. The van der Waals surface area contributed by atoms with E-state index in [0.29, 0.717) is 13.0 Å². The molecule has 0 heterocycles. The highest BCUT2D eigenvalue weighted by Gasteiger charge is 2.09. The molecule has 0 bridgehead atoms. The molecule has 0 saturated heterocycles. The van der Waals surface area contributed by atoms with Gasteiger partial charge in [-0.2, -0.15) is 0 Å². The standard InChI is InChI=1S/C17H25NO3/c1-12(2)16(19)8-9-18-17(20)10-13(3)14-6-5-7-15(11-14)21-4/h5-7,10-12,16,19H,8-9H2,1-4H3,(H,18,20)/b13-10+. The maximum absolute atomic E-state index is 11.8. The molecule has 1 amide bonds. The molecule has 1 rings (SSSR count). The monoisotopic (exact) mass is 291 g/mol. The molecule has 4 nitrogen and oxygen atoms in total. The number of aliphatic hydroxyl groups excluding tert-OH is 1. The third-order valence-corrected chi connectivity index (χ3v) is 3.38. The number of methoxy groups -OCH3 is 1. The van der Waals surface area contributed by atoms with Crippen LogP contribution in [0.5, 0.6) is 5.75 Å². The molecular formula is C17H25NO3. The Morgan fingerprint density at radius 1 is 1.43 bits per heavy atom. The van der Waals surface area contributed by atoms with Crippen LogP contribution in [0.2, 0.25) is 0 Å². The van der Waals surface area contributed by atoms with Crippen LogP contribution in [-0.2, 0) is 4.79 Å². The lowest BCUT2D eigenvalue weighted by molar-refractivity contribution is -0.116. The number of allylic oxidation sites excluding steroid dienone is 1. The lowest BCUT2D eigenvalue weighted by atomic mass is 10.0. The van der Waals surface area contributed by atoms with Crippen LogP contribution in [0.3, 0.4) is 0 Å². The van der Waals surface area contributed by atoms with Gasteiger partial charge in [0.2, 0.25) is 5.91 Å². The van der Waals surface area contributed by atoms with Crippen molar-refractivity contribution in [3.63, 3.8) is 0 Å². The molecule has 0 fully saturated rings. The first-order chi connectivity index (χ1) is 9.93. The first kappa shape index (κ1) is 17.2. The van der Waals surface area contributed by atoms with Gasteiger partial charge in [0, 0.05) is 12.6 Å². The Morgan fingerprint density at radius 3 is 2.76 bits per heavy atom. The zero-order chi connectivity index (χ0) is 15.8. The van der Waals surface area contributed by atoms with Gasteiger partial charge in [-0.3, -0.25) is 4.79 Å². The third-order valence-electron chi connectivity index (χ3n) is 3.38. The number of hydrogen-bond acceptors (Lipinski definition) is 3. The summed E-state index contributed by atoms with van der Waals surface area (Å²) in [5.41, 5.74) is 1.82. The number of nitrogens with one attached hydrogen (secondary N) is 1. The SMILES string of the molecule is COc1cccc(/C(C)=C/C(=O)NCCC(O)C(C)C)c1. The number of ether oxygens (including phenoxy) is 1. The average molecular weight is 291 g/mol. The summed E-state index contributed by atoms with van der Waals surface area (Å²) in [6.07, 6.45) is 1.75. The Kier molecular flexibility index (Phi) is 6.96. The van der Waals surface area contributed by atoms with E-state index in [2.05, 4.69) is 5.32 Å². The van der Waals surface area contributed by atoms with Crippen LogP contribution in [0.4, 0.5) is 0 Å². The highest BCUT2D eigenvalue weighted by atomic mass is 16.5. The molecule has 0 aliphatic carbocycles. The Bertz CT molecular complexity index is 495.